The Bertz CT molecular complexity index is 1220. The van der Waals surface area contributed by atoms with Gasteiger partial charge >= 0.3 is 0 Å². The molecule has 186 valence electrons. The summed E-state index contributed by atoms with van der Waals surface area (Å²) >= 11 is 7.47. The zero-order valence-electron chi connectivity index (χ0n) is 20.0. The summed E-state index contributed by atoms with van der Waals surface area (Å²) in [6.07, 6.45) is 2.33. The number of carbonyl (C=O) groups is 2. The number of hydrogen-bond acceptors (Lipinski definition) is 5. The van der Waals surface area contributed by atoms with Crippen LogP contribution in [0.2, 0.25) is 5.02 Å². The molecule has 3 aromatic carbocycles. The normalized spacial score (nSPS) is 19.4. The highest BCUT2D eigenvalue weighted by Crippen LogP contribution is 2.37. The first-order valence-electron chi connectivity index (χ1n) is 12.0. The lowest BCUT2D eigenvalue weighted by molar-refractivity contribution is -0.131. The number of rotatable bonds is 7. The first-order chi connectivity index (χ1) is 17.5. The Morgan fingerprint density at radius 3 is 2.22 bits per heavy atom. The SMILES string of the molecule is COC1CCN(c2ccc(C(c3ccccc3)N3NC(=O)C(Sc4ccccc4Cl)C3=O)cc2)CC1. The minimum absolute atomic E-state index is 0.288. The second kappa shape index (κ2) is 10.9. The number of methoxy groups -OCH3 is 1. The van der Waals surface area contributed by atoms with Crippen molar-refractivity contribution < 1.29 is 14.3 Å². The molecule has 2 heterocycles. The van der Waals surface area contributed by atoms with Crippen molar-refractivity contribution in [1.82, 2.24) is 10.4 Å². The zero-order chi connectivity index (χ0) is 25.1. The van der Waals surface area contributed by atoms with Crippen molar-refractivity contribution in [3.63, 3.8) is 0 Å². The van der Waals surface area contributed by atoms with Gasteiger partial charge < -0.3 is 9.64 Å². The highest BCUT2D eigenvalue weighted by atomic mass is 35.5. The summed E-state index contributed by atoms with van der Waals surface area (Å²) in [6, 6.07) is 24.8. The van der Waals surface area contributed by atoms with E-state index in [4.69, 9.17) is 16.3 Å². The molecule has 3 aromatic rings. The summed E-state index contributed by atoms with van der Waals surface area (Å²) in [4.78, 5) is 29.5. The van der Waals surface area contributed by atoms with Crippen LogP contribution in [0.4, 0.5) is 5.69 Å². The predicted octanol–water partition coefficient (Wildman–Crippen LogP) is 5.08. The lowest BCUT2D eigenvalue weighted by Crippen LogP contribution is -2.40. The molecule has 2 aliphatic rings. The van der Waals surface area contributed by atoms with E-state index in [1.54, 1.807) is 13.2 Å². The fraction of sp³-hybridized carbons (Fsp3) is 0.286. The van der Waals surface area contributed by atoms with Crippen LogP contribution in [0, 0.1) is 0 Å². The van der Waals surface area contributed by atoms with Crippen LogP contribution >= 0.6 is 23.4 Å². The van der Waals surface area contributed by atoms with E-state index in [-0.39, 0.29) is 11.8 Å². The summed E-state index contributed by atoms with van der Waals surface area (Å²) in [5, 5.41) is 1.08. The van der Waals surface area contributed by atoms with Crippen molar-refractivity contribution in [3.8, 4) is 0 Å². The van der Waals surface area contributed by atoms with Crippen LogP contribution in [0.15, 0.2) is 83.8 Å². The Hall–Kier alpha value is -3.00. The minimum Gasteiger partial charge on any atom is -0.381 e. The van der Waals surface area contributed by atoms with Crippen LogP contribution in [0.1, 0.15) is 30.0 Å². The highest BCUT2D eigenvalue weighted by molar-refractivity contribution is 8.01. The van der Waals surface area contributed by atoms with Crippen molar-refractivity contribution in [2.75, 3.05) is 25.1 Å². The number of piperidine rings is 1. The van der Waals surface area contributed by atoms with Crippen LogP contribution in [-0.2, 0) is 14.3 Å². The molecule has 2 saturated heterocycles. The first kappa shape index (κ1) is 24.7. The van der Waals surface area contributed by atoms with Crippen LogP contribution in [-0.4, -0.2) is 48.4 Å². The van der Waals surface area contributed by atoms with Crippen molar-refractivity contribution in [3.05, 3.63) is 95.0 Å². The van der Waals surface area contributed by atoms with Crippen LogP contribution in [0.3, 0.4) is 0 Å². The quantitative estimate of drug-likeness (QED) is 0.439. The van der Waals surface area contributed by atoms with E-state index in [9.17, 15) is 9.59 Å². The summed E-state index contributed by atoms with van der Waals surface area (Å²) in [5.74, 6) is -0.632. The molecule has 8 heteroatoms. The van der Waals surface area contributed by atoms with Crippen LogP contribution in [0.5, 0.6) is 0 Å². The van der Waals surface area contributed by atoms with E-state index < -0.39 is 11.3 Å². The number of halogens is 1. The van der Waals surface area contributed by atoms with Gasteiger partial charge in [0.25, 0.3) is 11.8 Å². The van der Waals surface area contributed by atoms with Gasteiger partial charge in [0.05, 0.1) is 11.1 Å². The van der Waals surface area contributed by atoms with Crippen LogP contribution in [0.25, 0.3) is 0 Å². The molecule has 2 atom stereocenters. The van der Waals surface area contributed by atoms with E-state index >= 15 is 0 Å². The van der Waals surface area contributed by atoms with Gasteiger partial charge in [-0.1, -0.05) is 66.2 Å². The summed E-state index contributed by atoms with van der Waals surface area (Å²) < 4.78 is 5.50. The van der Waals surface area contributed by atoms with Gasteiger partial charge in [-0.3, -0.25) is 15.0 Å². The Morgan fingerprint density at radius 2 is 1.56 bits per heavy atom. The minimum atomic E-state index is -0.905. The molecule has 0 radical (unpaired) electrons. The molecular formula is C28H28ClN3O3S. The number of ether oxygens (including phenoxy) is 1. The lowest BCUT2D eigenvalue weighted by atomic mass is 9.97. The number of anilines is 1. The topological polar surface area (TPSA) is 61.9 Å². The maximum Gasteiger partial charge on any atom is 0.265 e. The van der Waals surface area contributed by atoms with E-state index in [0.29, 0.717) is 16.0 Å². The van der Waals surface area contributed by atoms with Gasteiger partial charge in [-0.25, -0.2) is 5.01 Å². The lowest BCUT2D eigenvalue weighted by Gasteiger charge is -2.33. The molecule has 0 aliphatic carbocycles. The number of hydrogen-bond donors (Lipinski definition) is 1. The van der Waals surface area contributed by atoms with E-state index in [1.165, 1.54) is 16.8 Å². The number of benzene rings is 3. The fourth-order valence-electron chi connectivity index (χ4n) is 4.78. The van der Waals surface area contributed by atoms with E-state index in [2.05, 4.69) is 22.5 Å². The van der Waals surface area contributed by atoms with Crippen molar-refractivity contribution in [2.45, 2.75) is 35.1 Å². The smallest absolute Gasteiger partial charge is 0.265 e. The van der Waals surface area contributed by atoms with Gasteiger partial charge in [-0.15, -0.1) is 11.8 Å². The van der Waals surface area contributed by atoms with Gasteiger partial charge in [0.15, 0.2) is 5.25 Å². The molecular weight excluding hydrogens is 494 g/mol. The standard InChI is InChI=1S/C28H28ClN3O3S/c1-35-22-15-17-31(18-16-22)21-13-11-20(12-14-21)25(19-7-3-2-4-8-19)32-28(34)26(27(33)30-32)36-24-10-6-5-9-23(24)29/h2-14,22,25-26H,15-18H2,1H3,(H,30,33). The maximum absolute atomic E-state index is 13.6. The largest absolute Gasteiger partial charge is 0.381 e. The Balaban J connectivity index is 1.40. The number of carbonyl (C=O) groups excluding carboxylic acids is 2. The van der Waals surface area contributed by atoms with Crippen molar-refractivity contribution in [2.24, 2.45) is 0 Å². The Labute approximate surface area is 220 Å². The Kier molecular flexibility index (Phi) is 7.51. The van der Waals surface area contributed by atoms with Gasteiger partial charge in [-0.05, 0) is 48.2 Å². The number of nitrogens with one attached hydrogen (secondary N) is 1. The first-order valence-corrected chi connectivity index (χ1v) is 13.3. The van der Waals surface area contributed by atoms with Gasteiger partial charge in [0.2, 0.25) is 0 Å². The molecule has 6 nitrogen and oxygen atoms in total. The number of amides is 2. The third kappa shape index (κ3) is 5.09. The van der Waals surface area contributed by atoms with Crippen molar-refractivity contribution >= 4 is 40.9 Å². The molecule has 0 saturated carbocycles. The van der Waals surface area contributed by atoms with E-state index in [1.807, 2.05) is 60.7 Å². The third-order valence-electron chi connectivity index (χ3n) is 6.73. The number of nitrogens with zero attached hydrogens (tertiary/aromatic N) is 2. The predicted molar refractivity (Wildman–Crippen MR) is 143 cm³/mol. The van der Waals surface area contributed by atoms with E-state index in [0.717, 1.165) is 42.7 Å². The summed E-state index contributed by atoms with van der Waals surface area (Å²) in [6.45, 7) is 1.89. The molecule has 5 rings (SSSR count). The average molecular weight is 522 g/mol. The summed E-state index contributed by atoms with van der Waals surface area (Å²) in [7, 11) is 1.77. The molecule has 0 bridgehead atoms. The monoisotopic (exact) mass is 521 g/mol. The molecule has 0 aromatic heterocycles. The second-order valence-electron chi connectivity index (χ2n) is 8.94. The average Bonchev–Trinajstić information content (AvgIpc) is 3.19. The molecule has 2 unspecified atom stereocenters. The molecule has 36 heavy (non-hydrogen) atoms. The second-order valence-corrected chi connectivity index (χ2v) is 10.5. The van der Waals surface area contributed by atoms with Gasteiger partial charge in [-0.2, -0.15) is 0 Å². The van der Waals surface area contributed by atoms with Crippen LogP contribution < -0.4 is 10.3 Å². The maximum atomic E-state index is 13.6. The van der Waals surface area contributed by atoms with Gasteiger partial charge in [0.1, 0.15) is 6.04 Å². The number of thioether (sulfide) groups is 1. The number of hydrazine groups is 1. The molecule has 2 aliphatic heterocycles. The van der Waals surface area contributed by atoms with Crippen molar-refractivity contribution in [1.29, 1.82) is 0 Å². The molecule has 2 amide bonds. The zero-order valence-corrected chi connectivity index (χ0v) is 21.5. The Morgan fingerprint density at radius 1 is 0.917 bits per heavy atom. The molecule has 2 fully saturated rings. The molecule has 0 spiro atoms. The van der Waals surface area contributed by atoms with Gasteiger partial charge in [0, 0.05) is 30.8 Å². The fourth-order valence-corrected chi connectivity index (χ4v) is 6.01. The third-order valence-corrected chi connectivity index (χ3v) is 8.44. The molecule has 1 N–H and O–H groups in total. The summed E-state index contributed by atoms with van der Waals surface area (Å²) in [5.41, 5.74) is 5.82. The highest BCUT2D eigenvalue weighted by Gasteiger charge is 2.44.